The molecule has 1 amide bonds. The smallest absolute Gasteiger partial charge is 0.337 e. The van der Waals surface area contributed by atoms with Crippen molar-refractivity contribution in [3.05, 3.63) is 65.0 Å². The molecule has 0 unspecified atom stereocenters. The molecule has 0 saturated carbocycles. The van der Waals surface area contributed by atoms with Crippen LogP contribution in [0.15, 0.2) is 58.8 Å². The van der Waals surface area contributed by atoms with E-state index >= 15 is 0 Å². The summed E-state index contributed by atoms with van der Waals surface area (Å²) in [5, 5.41) is 4.92. The number of nitrogens with one attached hydrogen (secondary N) is 1. The van der Waals surface area contributed by atoms with Gasteiger partial charge in [-0.05, 0) is 36.4 Å². The van der Waals surface area contributed by atoms with Gasteiger partial charge in [-0.2, -0.15) is 4.31 Å². The zero-order valence-corrected chi connectivity index (χ0v) is 19.3. The van der Waals surface area contributed by atoms with Crippen molar-refractivity contribution in [2.75, 3.05) is 38.7 Å². The van der Waals surface area contributed by atoms with Gasteiger partial charge in [0.05, 0.1) is 36.5 Å². The van der Waals surface area contributed by atoms with Gasteiger partial charge in [-0.15, -0.1) is 11.3 Å². The molecule has 0 atom stereocenters. The van der Waals surface area contributed by atoms with Crippen LogP contribution in [0.2, 0.25) is 0 Å². The lowest BCUT2D eigenvalue weighted by Crippen LogP contribution is -2.40. The number of sulfonamides is 1. The van der Waals surface area contributed by atoms with E-state index in [4.69, 9.17) is 4.74 Å². The minimum atomic E-state index is -3.62. The van der Waals surface area contributed by atoms with Crippen molar-refractivity contribution < 1.29 is 27.5 Å². The first-order chi connectivity index (χ1) is 15.9. The normalized spacial score (nSPS) is 14.6. The number of benzene rings is 2. The Morgan fingerprint density at radius 1 is 1.03 bits per heavy atom. The number of rotatable bonds is 6. The number of thiazole rings is 1. The number of anilines is 1. The number of esters is 1. The summed E-state index contributed by atoms with van der Waals surface area (Å²) < 4.78 is 36.7. The molecule has 0 spiro atoms. The Balaban J connectivity index is 1.43. The second-order valence-electron chi connectivity index (χ2n) is 7.10. The van der Waals surface area contributed by atoms with E-state index in [2.05, 4.69) is 15.0 Å². The van der Waals surface area contributed by atoms with Gasteiger partial charge in [-0.25, -0.2) is 18.2 Å². The Morgan fingerprint density at radius 2 is 1.67 bits per heavy atom. The molecular weight excluding hydrogens is 466 g/mol. The summed E-state index contributed by atoms with van der Waals surface area (Å²) in [7, 11) is -2.30. The average molecular weight is 488 g/mol. The molecule has 9 nitrogen and oxygen atoms in total. The molecule has 1 saturated heterocycles. The number of aromatic nitrogens is 1. The number of amides is 1. The van der Waals surface area contributed by atoms with Gasteiger partial charge < -0.3 is 9.47 Å². The molecule has 1 N–H and O–H groups in total. The average Bonchev–Trinajstić information content (AvgIpc) is 3.32. The van der Waals surface area contributed by atoms with Gasteiger partial charge in [0.2, 0.25) is 10.0 Å². The molecule has 1 aromatic heterocycles. The molecule has 2 aromatic carbocycles. The standard InChI is InChI=1S/C22H21N3O6S2/c1-30-21(27)17-4-2-15(3-5-17)19-14-32-22(23-19)24-20(26)16-6-8-18(9-7-16)33(28,29)25-10-12-31-13-11-25/h2-9,14H,10-13H2,1H3,(H,23,24,26). The molecular formula is C22H21N3O6S2. The zero-order chi connectivity index (χ0) is 23.4. The van der Waals surface area contributed by atoms with Crippen molar-refractivity contribution in [3.63, 3.8) is 0 Å². The topological polar surface area (TPSA) is 115 Å². The fourth-order valence-corrected chi connectivity index (χ4v) is 5.36. The first-order valence-electron chi connectivity index (χ1n) is 10.0. The van der Waals surface area contributed by atoms with Crippen LogP contribution < -0.4 is 5.32 Å². The monoisotopic (exact) mass is 487 g/mol. The number of carbonyl (C=O) groups is 2. The van der Waals surface area contributed by atoms with Crippen molar-refractivity contribution in [1.82, 2.24) is 9.29 Å². The zero-order valence-electron chi connectivity index (χ0n) is 17.7. The number of nitrogens with zero attached hydrogens (tertiary/aromatic N) is 2. The molecule has 1 aliphatic rings. The van der Waals surface area contributed by atoms with Crippen LogP contribution in [0.3, 0.4) is 0 Å². The van der Waals surface area contributed by atoms with Gasteiger partial charge in [0.25, 0.3) is 5.91 Å². The van der Waals surface area contributed by atoms with Crippen LogP contribution >= 0.6 is 11.3 Å². The number of hydrogen-bond donors (Lipinski definition) is 1. The van der Waals surface area contributed by atoms with Crippen molar-refractivity contribution >= 4 is 38.4 Å². The molecule has 0 radical (unpaired) electrons. The molecule has 1 fully saturated rings. The van der Waals surface area contributed by atoms with Gasteiger partial charge in [0, 0.05) is 29.6 Å². The number of hydrogen-bond acceptors (Lipinski definition) is 8. The summed E-state index contributed by atoms with van der Waals surface area (Å²) in [6, 6.07) is 12.6. The Kier molecular flexibility index (Phi) is 6.84. The van der Waals surface area contributed by atoms with Crippen LogP contribution in [0.25, 0.3) is 11.3 Å². The van der Waals surface area contributed by atoms with Crippen molar-refractivity contribution in [2.24, 2.45) is 0 Å². The lowest BCUT2D eigenvalue weighted by atomic mass is 10.1. The summed E-state index contributed by atoms with van der Waals surface area (Å²) in [5.41, 5.74) is 2.19. The third kappa shape index (κ3) is 5.11. The summed E-state index contributed by atoms with van der Waals surface area (Å²) in [6.07, 6.45) is 0. The minimum absolute atomic E-state index is 0.132. The molecule has 1 aliphatic heterocycles. The van der Waals surface area contributed by atoms with E-state index in [1.807, 2.05) is 0 Å². The summed E-state index contributed by atoms with van der Waals surface area (Å²) in [4.78, 5) is 28.7. The fourth-order valence-electron chi connectivity index (χ4n) is 3.24. The minimum Gasteiger partial charge on any atom is -0.465 e. The van der Waals surface area contributed by atoms with Crippen LogP contribution in [0, 0.1) is 0 Å². The highest BCUT2D eigenvalue weighted by molar-refractivity contribution is 7.89. The second kappa shape index (κ2) is 9.79. The highest BCUT2D eigenvalue weighted by Gasteiger charge is 2.26. The lowest BCUT2D eigenvalue weighted by molar-refractivity contribution is 0.0600. The largest absolute Gasteiger partial charge is 0.465 e. The SMILES string of the molecule is COC(=O)c1ccc(-c2csc(NC(=O)c3ccc(S(=O)(=O)N4CCOCC4)cc3)n2)cc1. The number of ether oxygens (including phenoxy) is 2. The van der Waals surface area contributed by atoms with Crippen LogP contribution in [0.1, 0.15) is 20.7 Å². The van der Waals surface area contributed by atoms with E-state index in [9.17, 15) is 18.0 Å². The Morgan fingerprint density at radius 3 is 2.30 bits per heavy atom. The van der Waals surface area contributed by atoms with Crippen molar-refractivity contribution in [3.8, 4) is 11.3 Å². The Hall–Kier alpha value is -3.12. The van der Waals surface area contributed by atoms with E-state index in [-0.39, 0.29) is 4.90 Å². The Bertz CT molecular complexity index is 1250. The third-order valence-electron chi connectivity index (χ3n) is 5.05. The van der Waals surface area contributed by atoms with Gasteiger partial charge >= 0.3 is 5.97 Å². The first-order valence-corrected chi connectivity index (χ1v) is 12.3. The maximum absolute atomic E-state index is 12.7. The maximum Gasteiger partial charge on any atom is 0.337 e. The van der Waals surface area contributed by atoms with Gasteiger partial charge in [-0.3, -0.25) is 10.1 Å². The first kappa shape index (κ1) is 23.1. The predicted molar refractivity (Wildman–Crippen MR) is 123 cm³/mol. The predicted octanol–water partition coefficient (Wildman–Crippen LogP) is 2.87. The number of methoxy groups -OCH3 is 1. The molecule has 4 rings (SSSR count). The van der Waals surface area contributed by atoms with Gasteiger partial charge in [0.1, 0.15) is 0 Å². The molecule has 172 valence electrons. The van der Waals surface area contributed by atoms with E-state index in [0.717, 1.165) is 5.56 Å². The fraction of sp³-hybridized carbons (Fsp3) is 0.227. The Labute approximate surface area is 195 Å². The molecule has 0 aliphatic carbocycles. The molecule has 11 heteroatoms. The molecule has 0 bridgehead atoms. The van der Waals surface area contributed by atoms with Crippen LogP contribution in [0.4, 0.5) is 5.13 Å². The van der Waals surface area contributed by atoms with E-state index < -0.39 is 21.9 Å². The summed E-state index contributed by atoms with van der Waals surface area (Å²) in [6.45, 7) is 1.35. The van der Waals surface area contributed by atoms with Gasteiger partial charge in [-0.1, -0.05) is 12.1 Å². The number of carbonyl (C=O) groups excluding carboxylic acids is 2. The highest BCUT2D eigenvalue weighted by Crippen LogP contribution is 2.26. The summed E-state index contributed by atoms with van der Waals surface area (Å²) >= 11 is 1.26. The highest BCUT2D eigenvalue weighted by atomic mass is 32.2. The van der Waals surface area contributed by atoms with Crippen molar-refractivity contribution in [2.45, 2.75) is 4.90 Å². The quantitative estimate of drug-likeness (QED) is 0.532. The van der Waals surface area contributed by atoms with Crippen molar-refractivity contribution in [1.29, 1.82) is 0 Å². The van der Waals surface area contributed by atoms with Crippen LogP contribution in [-0.4, -0.2) is 63.0 Å². The number of morpholine rings is 1. The second-order valence-corrected chi connectivity index (χ2v) is 9.90. The summed E-state index contributed by atoms with van der Waals surface area (Å²) in [5.74, 6) is -0.816. The van der Waals surface area contributed by atoms with E-state index in [1.165, 1.54) is 47.0 Å². The van der Waals surface area contributed by atoms with E-state index in [1.54, 1.807) is 29.6 Å². The maximum atomic E-state index is 12.7. The molecule has 3 aromatic rings. The van der Waals surface area contributed by atoms with Gasteiger partial charge in [0.15, 0.2) is 5.13 Å². The third-order valence-corrected chi connectivity index (χ3v) is 7.72. The van der Waals surface area contributed by atoms with Crippen LogP contribution in [0.5, 0.6) is 0 Å². The van der Waals surface area contributed by atoms with Crippen LogP contribution in [-0.2, 0) is 19.5 Å². The van der Waals surface area contributed by atoms with E-state index in [0.29, 0.717) is 48.3 Å². The lowest BCUT2D eigenvalue weighted by Gasteiger charge is -2.26. The molecule has 2 heterocycles. The molecule has 33 heavy (non-hydrogen) atoms.